The van der Waals surface area contributed by atoms with Crippen LogP contribution in [-0.4, -0.2) is 19.4 Å². The van der Waals surface area contributed by atoms with E-state index < -0.39 is 0 Å². The second-order valence-corrected chi connectivity index (χ2v) is 8.64. The zero-order chi connectivity index (χ0) is 23.9. The van der Waals surface area contributed by atoms with Gasteiger partial charge in [-0.25, -0.2) is 0 Å². The van der Waals surface area contributed by atoms with Crippen LogP contribution in [0.25, 0.3) is 0 Å². The smallest absolute Gasteiger partial charge is 0.123 e. The molecular formula is C31H29NO3. The lowest BCUT2D eigenvalue weighted by Gasteiger charge is -2.19. The summed E-state index contributed by atoms with van der Waals surface area (Å²) in [5, 5.41) is 0. The van der Waals surface area contributed by atoms with Gasteiger partial charge in [-0.2, -0.15) is 0 Å². The molecule has 1 heterocycles. The molecule has 0 atom stereocenters. The first-order chi connectivity index (χ1) is 17.3. The molecular weight excluding hydrogens is 434 g/mol. The highest BCUT2D eigenvalue weighted by atomic mass is 16.5. The van der Waals surface area contributed by atoms with E-state index in [0.717, 1.165) is 52.6 Å². The van der Waals surface area contributed by atoms with Crippen LogP contribution < -0.4 is 14.2 Å². The number of methoxy groups -OCH3 is 1. The van der Waals surface area contributed by atoms with Crippen LogP contribution in [0.3, 0.4) is 0 Å². The molecule has 0 saturated heterocycles. The minimum Gasteiger partial charge on any atom is -0.497 e. The van der Waals surface area contributed by atoms with Gasteiger partial charge in [0.2, 0.25) is 0 Å². The molecule has 1 aliphatic heterocycles. The fourth-order valence-corrected chi connectivity index (χ4v) is 4.31. The van der Waals surface area contributed by atoms with Crippen LogP contribution in [0, 0.1) is 0 Å². The third-order valence-electron chi connectivity index (χ3n) is 6.12. The topological polar surface area (TPSA) is 40.0 Å². The number of aliphatic imine (C=N–C) groups is 1. The Kier molecular flexibility index (Phi) is 7.09. The van der Waals surface area contributed by atoms with E-state index in [9.17, 15) is 0 Å². The number of rotatable bonds is 9. The van der Waals surface area contributed by atoms with Crippen LogP contribution in [0.15, 0.2) is 102 Å². The van der Waals surface area contributed by atoms with Crippen LogP contribution in [0.1, 0.15) is 27.8 Å². The monoisotopic (exact) mass is 463 g/mol. The molecule has 4 nitrogen and oxygen atoms in total. The molecule has 0 amide bonds. The predicted molar refractivity (Wildman–Crippen MR) is 140 cm³/mol. The highest BCUT2D eigenvalue weighted by Gasteiger charge is 2.16. The molecule has 4 heteroatoms. The molecule has 5 rings (SSSR count). The van der Waals surface area contributed by atoms with Gasteiger partial charge in [0, 0.05) is 24.7 Å². The molecule has 0 saturated carbocycles. The quantitative estimate of drug-likeness (QED) is 0.287. The Balaban J connectivity index is 1.39. The predicted octanol–water partition coefficient (Wildman–Crippen LogP) is 6.44. The van der Waals surface area contributed by atoms with Crippen molar-refractivity contribution in [3.8, 4) is 17.2 Å². The maximum atomic E-state index is 6.18. The second-order valence-electron chi connectivity index (χ2n) is 8.64. The molecule has 35 heavy (non-hydrogen) atoms. The third-order valence-corrected chi connectivity index (χ3v) is 6.12. The van der Waals surface area contributed by atoms with Crippen molar-refractivity contribution in [2.45, 2.75) is 26.1 Å². The van der Waals surface area contributed by atoms with Crippen molar-refractivity contribution in [2.75, 3.05) is 13.7 Å². The molecule has 0 spiro atoms. The highest BCUT2D eigenvalue weighted by molar-refractivity contribution is 6.04. The normalized spacial score (nSPS) is 12.4. The van der Waals surface area contributed by atoms with Gasteiger partial charge >= 0.3 is 0 Å². The third kappa shape index (κ3) is 5.90. The maximum absolute atomic E-state index is 6.18. The average molecular weight is 464 g/mol. The van der Waals surface area contributed by atoms with Crippen LogP contribution in [-0.2, 0) is 26.1 Å². The maximum Gasteiger partial charge on any atom is 0.123 e. The van der Waals surface area contributed by atoms with Crippen LogP contribution in [0.2, 0.25) is 0 Å². The first-order valence-corrected chi connectivity index (χ1v) is 11.9. The van der Waals surface area contributed by atoms with Crippen molar-refractivity contribution < 1.29 is 14.2 Å². The average Bonchev–Trinajstić information content (AvgIpc) is 2.92. The minimum atomic E-state index is 0.506. The molecule has 0 aliphatic carbocycles. The summed E-state index contributed by atoms with van der Waals surface area (Å²) in [7, 11) is 1.71. The van der Waals surface area contributed by atoms with Gasteiger partial charge in [-0.3, -0.25) is 4.99 Å². The summed E-state index contributed by atoms with van der Waals surface area (Å²) in [4.78, 5) is 4.86. The zero-order valence-electron chi connectivity index (χ0n) is 19.9. The minimum absolute atomic E-state index is 0.506. The molecule has 176 valence electrons. The van der Waals surface area contributed by atoms with Gasteiger partial charge in [0.15, 0.2) is 0 Å². The second kappa shape index (κ2) is 10.9. The van der Waals surface area contributed by atoms with Crippen molar-refractivity contribution in [3.05, 3.63) is 125 Å². The fourth-order valence-electron chi connectivity index (χ4n) is 4.31. The Labute approximate surface area is 206 Å². The number of hydrogen-bond donors (Lipinski definition) is 0. The van der Waals surface area contributed by atoms with E-state index in [0.29, 0.717) is 19.6 Å². The van der Waals surface area contributed by atoms with E-state index in [2.05, 4.69) is 48.5 Å². The van der Waals surface area contributed by atoms with Crippen LogP contribution in [0.4, 0.5) is 0 Å². The van der Waals surface area contributed by atoms with Crippen LogP contribution >= 0.6 is 0 Å². The molecule has 1 aliphatic rings. The van der Waals surface area contributed by atoms with Crippen molar-refractivity contribution in [1.29, 1.82) is 0 Å². The Bertz CT molecular complexity index is 1240. The van der Waals surface area contributed by atoms with E-state index in [4.69, 9.17) is 19.2 Å². The van der Waals surface area contributed by atoms with Gasteiger partial charge in [0.1, 0.15) is 30.5 Å². The fraction of sp³-hybridized carbons (Fsp3) is 0.194. The van der Waals surface area contributed by atoms with E-state index in [1.54, 1.807) is 7.11 Å². The summed E-state index contributed by atoms with van der Waals surface area (Å²) in [6.45, 7) is 1.80. The van der Waals surface area contributed by atoms with Crippen molar-refractivity contribution in [1.82, 2.24) is 0 Å². The first-order valence-electron chi connectivity index (χ1n) is 11.9. The first kappa shape index (κ1) is 22.7. The number of ether oxygens (including phenoxy) is 3. The Morgan fingerprint density at radius 1 is 0.657 bits per heavy atom. The van der Waals surface area contributed by atoms with Gasteiger partial charge in [-0.05, 0) is 64.6 Å². The summed E-state index contributed by atoms with van der Waals surface area (Å²) >= 11 is 0. The molecule has 4 aromatic carbocycles. The SMILES string of the molecule is COc1ccc2c(c1)CCN=C2Cc1cc(OCc2ccccc2)cc(OCc2ccccc2)c1. The lowest BCUT2D eigenvalue weighted by Crippen LogP contribution is -2.15. The summed E-state index contributed by atoms with van der Waals surface area (Å²) < 4.78 is 17.8. The van der Waals surface area contributed by atoms with Crippen molar-refractivity contribution >= 4 is 5.71 Å². The lowest BCUT2D eigenvalue weighted by atomic mass is 9.93. The van der Waals surface area contributed by atoms with Gasteiger partial charge in [-0.15, -0.1) is 0 Å². The Hall–Kier alpha value is -4.05. The van der Waals surface area contributed by atoms with Gasteiger partial charge in [0.25, 0.3) is 0 Å². The number of fused-ring (bicyclic) bond motifs is 1. The standard InChI is InChI=1S/C31H29NO3/c1-33-27-12-13-30-26(19-27)14-15-32-31(30)18-25-16-28(34-21-23-8-4-2-5-9-23)20-29(17-25)35-22-24-10-6-3-7-11-24/h2-13,16-17,19-20H,14-15,18,21-22H2,1H3. The van der Waals surface area contributed by atoms with Crippen molar-refractivity contribution in [3.63, 3.8) is 0 Å². The molecule has 0 fully saturated rings. The Morgan fingerprint density at radius 2 is 1.29 bits per heavy atom. The highest BCUT2D eigenvalue weighted by Crippen LogP contribution is 2.28. The van der Waals surface area contributed by atoms with E-state index in [-0.39, 0.29) is 0 Å². The van der Waals surface area contributed by atoms with E-state index in [1.807, 2.05) is 48.5 Å². The number of benzene rings is 4. The lowest BCUT2D eigenvalue weighted by molar-refractivity contribution is 0.289. The summed E-state index contributed by atoms with van der Waals surface area (Å²) in [6, 6.07) is 32.8. The summed E-state index contributed by atoms with van der Waals surface area (Å²) in [6.07, 6.45) is 1.64. The molecule has 0 unspecified atom stereocenters. The van der Waals surface area contributed by atoms with Crippen molar-refractivity contribution in [2.24, 2.45) is 4.99 Å². The molecule has 4 aromatic rings. The summed E-state index contributed by atoms with van der Waals surface area (Å²) in [5.41, 5.74) is 6.93. The number of nitrogens with zero attached hydrogens (tertiary/aromatic N) is 1. The molecule has 0 bridgehead atoms. The summed E-state index contributed by atoms with van der Waals surface area (Å²) in [5.74, 6) is 2.47. The van der Waals surface area contributed by atoms with Gasteiger partial charge < -0.3 is 14.2 Å². The zero-order valence-corrected chi connectivity index (χ0v) is 19.9. The van der Waals surface area contributed by atoms with E-state index in [1.165, 1.54) is 11.1 Å². The molecule has 0 radical (unpaired) electrons. The van der Waals surface area contributed by atoms with E-state index >= 15 is 0 Å². The van der Waals surface area contributed by atoms with Gasteiger partial charge in [-0.1, -0.05) is 60.7 Å². The van der Waals surface area contributed by atoms with Crippen LogP contribution in [0.5, 0.6) is 17.2 Å². The van der Waals surface area contributed by atoms with Gasteiger partial charge in [0.05, 0.1) is 7.11 Å². The largest absolute Gasteiger partial charge is 0.497 e. The Morgan fingerprint density at radius 3 is 1.89 bits per heavy atom. The molecule has 0 aromatic heterocycles. The number of hydrogen-bond acceptors (Lipinski definition) is 4. The molecule has 0 N–H and O–H groups in total.